The van der Waals surface area contributed by atoms with Gasteiger partial charge < -0.3 is 10.6 Å². The number of nitrogen functional groups attached to an aromatic ring is 1. The van der Waals surface area contributed by atoms with Crippen molar-refractivity contribution in [3.63, 3.8) is 0 Å². The van der Waals surface area contributed by atoms with E-state index in [1.807, 2.05) is 23.4 Å². The summed E-state index contributed by atoms with van der Waals surface area (Å²) in [6.07, 6.45) is 2.89. The van der Waals surface area contributed by atoms with Crippen LogP contribution in [0.1, 0.15) is 31.5 Å². The first-order valence-electron chi connectivity index (χ1n) is 6.85. The Morgan fingerprint density at radius 1 is 1.50 bits per heavy atom. The molecule has 1 amide bonds. The summed E-state index contributed by atoms with van der Waals surface area (Å²) in [5.41, 5.74) is 7.48. The number of nitrogens with two attached hydrogens (primary N) is 1. The zero-order valence-electron chi connectivity index (χ0n) is 11.7. The van der Waals surface area contributed by atoms with E-state index < -0.39 is 0 Å². The summed E-state index contributed by atoms with van der Waals surface area (Å²) in [6, 6.07) is 0.163. The second kappa shape index (κ2) is 4.73. The molecular formula is C13H18N6O. The second-order valence-corrected chi connectivity index (χ2v) is 5.12. The number of amides is 1. The summed E-state index contributed by atoms with van der Waals surface area (Å²) in [6.45, 7) is 5.25. The third kappa shape index (κ3) is 1.90. The van der Waals surface area contributed by atoms with Gasteiger partial charge in [-0.3, -0.25) is 4.79 Å². The van der Waals surface area contributed by atoms with Gasteiger partial charge in [-0.25, -0.2) is 14.6 Å². The van der Waals surface area contributed by atoms with Crippen LogP contribution in [0.2, 0.25) is 0 Å². The van der Waals surface area contributed by atoms with Gasteiger partial charge in [0.1, 0.15) is 12.1 Å². The van der Waals surface area contributed by atoms with E-state index in [9.17, 15) is 4.79 Å². The number of fused-ring (bicyclic) bond motifs is 1. The van der Waals surface area contributed by atoms with Crippen LogP contribution in [0.4, 0.5) is 5.82 Å². The van der Waals surface area contributed by atoms with Gasteiger partial charge in [0.05, 0.1) is 17.1 Å². The molecule has 1 atom stereocenters. The molecule has 2 aromatic heterocycles. The van der Waals surface area contributed by atoms with Gasteiger partial charge in [0, 0.05) is 19.5 Å². The summed E-state index contributed by atoms with van der Waals surface area (Å²) in [5.74, 6) is 0.646. The molecule has 3 heterocycles. The van der Waals surface area contributed by atoms with Crippen molar-refractivity contribution < 1.29 is 4.79 Å². The van der Waals surface area contributed by atoms with E-state index in [1.54, 1.807) is 0 Å². The van der Waals surface area contributed by atoms with E-state index in [-0.39, 0.29) is 11.9 Å². The van der Waals surface area contributed by atoms with E-state index in [2.05, 4.69) is 15.1 Å². The summed E-state index contributed by atoms with van der Waals surface area (Å²) in [5, 5.41) is 5.36. The fourth-order valence-electron chi connectivity index (χ4n) is 2.82. The zero-order chi connectivity index (χ0) is 14.3. The molecule has 1 aliphatic heterocycles. The molecule has 1 aliphatic rings. The number of aryl methyl sites for hydroxylation is 1. The number of carbonyl (C=O) groups excluding carboxylic acids is 1. The van der Waals surface area contributed by atoms with Gasteiger partial charge in [-0.2, -0.15) is 5.10 Å². The highest BCUT2D eigenvalue weighted by Crippen LogP contribution is 2.28. The van der Waals surface area contributed by atoms with Crippen molar-refractivity contribution in [3.8, 4) is 0 Å². The van der Waals surface area contributed by atoms with Crippen LogP contribution in [0.25, 0.3) is 11.0 Å². The summed E-state index contributed by atoms with van der Waals surface area (Å²) in [4.78, 5) is 22.0. The van der Waals surface area contributed by atoms with Crippen molar-refractivity contribution in [2.75, 3.05) is 18.8 Å². The van der Waals surface area contributed by atoms with Crippen LogP contribution < -0.4 is 5.73 Å². The second-order valence-electron chi connectivity index (χ2n) is 5.12. The van der Waals surface area contributed by atoms with E-state index in [0.717, 1.165) is 29.7 Å². The predicted molar refractivity (Wildman–Crippen MR) is 75.0 cm³/mol. The molecule has 0 radical (unpaired) electrons. The topological polar surface area (TPSA) is 89.9 Å². The Hall–Kier alpha value is -2.18. The molecular weight excluding hydrogens is 256 g/mol. The van der Waals surface area contributed by atoms with E-state index in [0.29, 0.717) is 18.8 Å². The average Bonchev–Trinajstić information content (AvgIpc) is 3.04. The fourth-order valence-corrected chi connectivity index (χ4v) is 2.82. The molecule has 7 nitrogen and oxygen atoms in total. The van der Waals surface area contributed by atoms with Crippen molar-refractivity contribution in [1.82, 2.24) is 24.6 Å². The number of rotatable bonds is 2. The first-order chi connectivity index (χ1) is 9.61. The highest BCUT2D eigenvalue weighted by molar-refractivity contribution is 5.88. The molecule has 106 valence electrons. The van der Waals surface area contributed by atoms with Gasteiger partial charge in [0.15, 0.2) is 5.65 Å². The number of aromatic nitrogens is 4. The maximum Gasteiger partial charge on any atom is 0.222 e. The molecule has 2 N–H and O–H groups in total. The molecule has 7 heteroatoms. The van der Waals surface area contributed by atoms with Crippen LogP contribution in [-0.4, -0.2) is 43.6 Å². The van der Waals surface area contributed by atoms with E-state index >= 15 is 0 Å². The quantitative estimate of drug-likeness (QED) is 0.878. The van der Waals surface area contributed by atoms with Gasteiger partial charge in [0.2, 0.25) is 5.91 Å². The first kappa shape index (κ1) is 12.8. The molecule has 0 spiro atoms. The Labute approximate surface area is 116 Å². The van der Waals surface area contributed by atoms with Crippen LogP contribution in [0, 0.1) is 6.92 Å². The minimum Gasteiger partial charge on any atom is -0.383 e. The number of carbonyl (C=O) groups is 1. The maximum absolute atomic E-state index is 11.8. The highest BCUT2D eigenvalue weighted by atomic mass is 16.2. The molecule has 1 unspecified atom stereocenters. The van der Waals surface area contributed by atoms with E-state index in [1.165, 1.54) is 6.33 Å². The Morgan fingerprint density at radius 2 is 2.30 bits per heavy atom. The average molecular weight is 274 g/mol. The number of hydrogen-bond donors (Lipinski definition) is 1. The van der Waals surface area contributed by atoms with E-state index in [4.69, 9.17) is 5.73 Å². The number of anilines is 1. The molecule has 0 aromatic carbocycles. The lowest BCUT2D eigenvalue weighted by molar-refractivity contribution is -0.129. The van der Waals surface area contributed by atoms with Crippen LogP contribution in [0.3, 0.4) is 0 Å². The number of nitrogens with zero attached hydrogens (tertiary/aromatic N) is 5. The van der Waals surface area contributed by atoms with Crippen LogP contribution in [-0.2, 0) is 4.79 Å². The van der Waals surface area contributed by atoms with Gasteiger partial charge in [-0.05, 0) is 13.3 Å². The lowest BCUT2D eigenvalue weighted by Crippen LogP contribution is -2.28. The minimum absolute atomic E-state index is 0.163. The standard InChI is InChI=1S/C13H18N6O/c1-3-10(20)18-5-4-9(6-18)19-13-11(8(2)17-19)12(14)15-7-16-13/h7,9H,3-6H2,1-2H3,(H2,14,15,16). The Morgan fingerprint density at radius 3 is 3.05 bits per heavy atom. The summed E-state index contributed by atoms with van der Waals surface area (Å²) >= 11 is 0. The van der Waals surface area contributed by atoms with Crippen LogP contribution >= 0.6 is 0 Å². The van der Waals surface area contributed by atoms with Gasteiger partial charge in [0.25, 0.3) is 0 Å². The van der Waals surface area contributed by atoms with Crippen LogP contribution in [0.5, 0.6) is 0 Å². The molecule has 0 bridgehead atoms. The molecule has 1 fully saturated rings. The Bertz CT molecular complexity index is 664. The minimum atomic E-state index is 0.163. The smallest absolute Gasteiger partial charge is 0.222 e. The fraction of sp³-hybridized carbons (Fsp3) is 0.538. The lowest BCUT2D eigenvalue weighted by Gasteiger charge is -2.15. The number of hydrogen-bond acceptors (Lipinski definition) is 5. The third-order valence-corrected chi connectivity index (χ3v) is 3.86. The van der Waals surface area contributed by atoms with Gasteiger partial charge in [-0.15, -0.1) is 0 Å². The summed E-state index contributed by atoms with van der Waals surface area (Å²) < 4.78 is 1.89. The van der Waals surface area contributed by atoms with Gasteiger partial charge >= 0.3 is 0 Å². The van der Waals surface area contributed by atoms with Crippen molar-refractivity contribution in [2.45, 2.75) is 32.7 Å². The molecule has 1 saturated heterocycles. The maximum atomic E-state index is 11.8. The normalized spacial score (nSPS) is 18.9. The molecule has 0 saturated carbocycles. The lowest BCUT2D eigenvalue weighted by atomic mass is 10.2. The molecule has 3 rings (SSSR count). The van der Waals surface area contributed by atoms with Crippen molar-refractivity contribution in [1.29, 1.82) is 0 Å². The largest absolute Gasteiger partial charge is 0.383 e. The molecule has 2 aromatic rings. The Kier molecular flexibility index (Phi) is 3.04. The van der Waals surface area contributed by atoms with Crippen molar-refractivity contribution in [2.24, 2.45) is 0 Å². The van der Waals surface area contributed by atoms with Crippen LogP contribution in [0.15, 0.2) is 6.33 Å². The summed E-state index contributed by atoms with van der Waals surface area (Å²) in [7, 11) is 0. The van der Waals surface area contributed by atoms with Gasteiger partial charge in [-0.1, -0.05) is 6.92 Å². The number of likely N-dealkylation sites (tertiary alicyclic amines) is 1. The van der Waals surface area contributed by atoms with Crippen molar-refractivity contribution in [3.05, 3.63) is 12.0 Å². The SMILES string of the molecule is CCC(=O)N1CCC(n2nc(C)c3c(N)ncnc32)C1. The zero-order valence-corrected chi connectivity index (χ0v) is 11.7. The Balaban J connectivity index is 1.96. The molecule has 0 aliphatic carbocycles. The monoisotopic (exact) mass is 274 g/mol. The third-order valence-electron chi connectivity index (χ3n) is 3.86. The van der Waals surface area contributed by atoms with Crippen molar-refractivity contribution >= 4 is 22.8 Å². The highest BCUT2D eigenvalue weighted by Gasteiger charge is 2.29. The molecule has 20 heavy (non-hydrogen) atoms. The first-order valence-corrected chi connectivity index (χ1v) is 6.85. The predicted octanol–water partition coefficient (Wildman–Crippen LogP) is 0.900.